The van der Waals surface area contributed by atoms with Gasteiger partial charge in [-0.15, -0.1) is 0 Å². The molecule has 16 heavy (non-hydrogen) atoms. The van der Waals surface area contributed by atoms with E-state index in [4.69, 9.17) is 17.3 Å². The Hall–Kier alpha value is -0.870. The molecule has 0 aliphatic carbocycles. The summed E-state index contributed by atoms with van der Waals surface area (Å²) in [5, 5.41) is 3.68. The van der Waals surface area contributed by atoms with Gasteiger partial charge >= 0.3 is 0 Å². The van der Waals surface area contributed by atoms with Crippen molar-refractivity contribution in [3.63, 3.8) is 0 Å². The van der Waals surface area contributed by atoms with E-state index in [1.165, 1.54) is 6.33 Å². The average molecular weight is 243 g/mol. The maximum absolute atomic E-state index is 6.09. The fourth-order valence-corrected chi connectivity index (χ4v) is 1.89. The summed E-state index contributed by atoms with van der Waals surface area (Å²) >= 11 is 5.93. The minimum atomic E-state index is 0.126. The fraction of sp³-hybridized carbons (Fsp3) is 0.636. The molecule has 4 nitrogen and oxygen atoms in total. The van der Waals surface area contributed by atoms with Crippen LogP contribution in [0.5, 0.6) is 0 Å². The highest BCUT2D eigenvalue weighted by Crippen LogP contribution is 2.17. The molecule has 1 atom stereocenters. The molecule has 1 unspecified atom stereocenters. The van der Waals surface area contributed by atoms with Gasteiger partial charge in [0, 0.05) is 12.6 Å². The van der Waals surface area contributed by atoms with Crippen LogP contribution in [0.3, 0.4) is 0 Å². The molecule has 3 N–H and O–H groups in total. The Morgan fingerprint density at radius 2 is 2.12 bits per heavy atom. The van der Waals surface area contributed by atoms with E-state index in [0.29, 0.717) is 23.3 Å². The van der Waals surface area contributed by atoms with Gasteiger partial charge < -0.3 is 11.1 Å². The Balaban J connectivity index is 2.48. The van der Waals surface area contributed by atoms with E-state index in [1.54, 1.807) is 6.20 Å². The topological polar surface area (TPSA) is 63.8 Å². The Morgan fingerprint density at radius 1 is 1.44 bits per heavy atom. The fourth-order valence-electron chi connectivity index (χ4n) is 1.72. The molecule has 0 aromatic carbocycles. The molecule has 0 saturated carbocycles. The zero-order valence-corrected chi connectivity index (χ0v) is 10.5. The summed E-state index contributed by atoms with van der Waals surface area (Å²) in [7, 11) is 0. The lowest BCUT2D eigenvalue weighted by Crippen LogP contribution is -2.36. The molecule has 0 aliphatic heterocycles. The lowest BCUT2D eigenvalue weighted by molar-refractivity contribution is 0.407. The van der Waals surface area contributed by atoms with Crippen molar-refractivity contribution in [3.8, 4) is 0 Å². The van der Waals surface area contributed by atoms with Crippen molar-refractivity contribution in [2.24, 2.45) is 11.7 Å². The summed E-state index contributed by atoms with van der Waals surface area (Å²) in [5.41, 5.74) is 6.09. The van der Waals surface area contributed by atoms with Gasteiger partial charge in [0.2, 0.25) is 0 Å². The molecule has 1 heterocycles. The van der Waals surface area contributed by atoms with Gasteiger partial charge in [-0.05, 0) is 5.92 Å². The smallest absolute Gasteiger partial charge is 0.148 e. The van der Waals surface area contributed by atoms with Crippen LogP contribution in [0.2, 0.25) is 5.02 Å². The van der Waals surface area contributed by atoms with Crippen molar-refractivity contribution in [2.45, 2.75) is 32.7 Å². The standard InChI is InChI=1S/C11H19ClN4/c1-3-8(4-2)10(13)6-15-11-9(12)5-14-7-16-11/h5,7-8,10H,3-4,6,13H2,1-2H3,(H,14,15,16). The van der Waals surface area contributed by atoms with Crippen LogP contribution in [0.1, 0.15) is 26.7 Å². The molecule has 90 valence electrons. The molecule has 0 fully saturated rings. The lowest BCUT2D eigenvalue weighted by Gasteiger charge is -2.21. The molecule has 1 rings (SSSR count). The van der Waals surface area contributed by atoms with E-state index in [-0.39, 0.29) is 6.04 Å². The number of halogens is 1. The van der Waals surface area contributed by atoms with Crippen LogP contribution in [0.25, 0.3) is 0 Å². The maximum atomic E-state index is 6.09. The molecule has 1 aromatic heterocycles. The maximum Gasteiger partial charge on any atom is 0.148 e. The zero-order valence-electron chi connectivity index (χ0n) is 9.78. The highest BCUT2D eigenvalue weighted by molar-refractivity contribution is 6.32. The van der Waals surface area contributed by atoms with Crippen LogP contribution in [0, 0.1) is 5.92 Å². The molecular weight excluding hydrogens is 224 g/mol. The van der Waals surface area contributed by atoms with E-state index in [0.717, 1.165) is 12.8 Å². The van der Waals surface area contributed by atoms with Gasteiger partial charge in [0.05, 0.1) is 6.20 Å². The molecule has 0 bridgehead atoms. The molecule has 1 aromatic rings. The molecule has 0 radical (unpaired) electrons. The first kappa shape index (κ1) is 13.2. The number of nitrogens with two attached hydrogens (primary N) is 1. The van der Waals surface area contributed by atoms with Crippen LogP contribution in [-0.4, -0.2) is 22.6 Å². The van der Waals surface area contributed by atoms with Gasteiger partial charge in [0.15, 0.2) is 0 Å². The number of hydrogen-bond acceptors (Lipinski definition) is 4. The first-order valence-corrected chi connectivity index (χ1v) is 6.01. The molecule has 5 heteroatoms. The van der Waals surface area contributed by atoms with Gasteiger partial charge in [-0.3, -0.25) is 0 Å². The van der Waals surface area contributed by atoms with Gasteiger partial charge in [0.25, 0.3) is 0 Å². The third-order valence-corrected chi connectivity index (χ3v) is 3.10. The second-order valence-electron chi connectivity index (χ2n) is 3.84. The third-order valence-electron chi connectivity index (χ3n) is 2.83. The van der Waals surface area contributed by atoms with Crippen LogP contribution >= 0.6 is 11.6 Å². The van der Waals surface area contributed by atoms with E-state index < -0.39 is 0 Å². The highest BCUT2D eigenvalue weighted by atomic mass is 35.5. The molecular formula is C11H19ClN4. The molecule has 0 saturated heterocycles. The summed E-state index contributed by atoms with van der Waals surface area (Å²) in [6, 6.07) is 0.126. The second-order valence-corrected chi connectivity index (χ2v) is 4.25. The Labute approximate surface area is 102 Å². The number of nitrogens with zero attached hydrogens (tertiary/aromatic N) is 2. The summed E-state index contributed by atoms with van der Waals surface area (Å²) < 4.78 is 0. The largest absolute Gasteiger partial charge is 0.367 e. The normalized spacial score (nSPS) is 12.8. The van der Waals surface area contributed by atoms with Crippen molar-refractivity contribution >= 4 is 17.4 Å². The van der Waals surface area contributed by atoms with Crippen LogP contribution in [0.4, 0.5) is 5.82 Å². The summed E-state index contributed by atoms with van der Waals surface area (Å²) in [6.45, 7) is 5.00. The number of anilines is 1. The zero-order chi connectivity index (χ0) is 12.0. The average Bonchev–Trinajstić information content (AvgIpc) is 2.29. The summed E-state index contributed by atoms with van der Waals surface area (Å²) in [5.74, 6) is 1.19. The molecule has 0 amide bonds. The van der Waals surface area contributed by atoms with Gasteiger partial charge in [-0.2, -0.15) is 0 Å². The Morgan fingerprint density at radius 3 is 2.69 bits per heavy atom. The Bertz CT molecular complexity index is 315. The summed E-state index contributed by atoms with van der Waals surface area (Å²) in [4.78, 5) is 7.88. The first-order chi connectivity index (χ1) is 7.69. The first-order valence-electron chi connectivity index (χ1n) is 5.64. The van der Waals surface area contributed by atoms with Crippen molar-refractivity contribution in [1.29, 1.82) is 0 Å². The van der Waals surface area contributed by atoms with Crippen molar-refractivity contribution in [3.05, 3.63) is 17.5 Å². The number of aromatic nitrogens is 2. The number of nitrogens with one attached hydrogen (secondary N) is 1. The van der Waals surface area contributed by atoms with Crippen molar-refractivity contribution < 1.29 is 0 Å². The highest BCUT2D eigenvalue weighted by Gasteiger charge is 2.14. The van der Waals surface area contributed by atoms with Crippen molar-refractivity contribution in [2.75, 3.05) is 11.9 Å². The monoisotopic (exact) mass is 242 g/mol. The number of rotatable bonds is 6. The number of hydrogen-bond donors (Lipinski definition) is 2. The van der Waals surface area contributed by atoms with Crippen molar-refractivity contribution in [1.82, 2.24) is 9.97 Å². The van der Waals surface area contributed by atoms with Crippen LogP contribution < -0.4 is 11.1 Å². The SMILES string of the molecule is CCC(CC)C(N)CNc1ncncc1Cl. The Kier molecular flexibility index (Phi) is 5.49. The van der Waals surface area contributed by atoms with E-state index in [2.05, 4.69) is 29.1 Å². The predicted molar refractivity (Wildman–Crippen MR) is 67.6 cm³/mol. The molecule has 0 spiro atoms. The van der Waals surface area contributed by atoms with E-state index >= 15 is 0 Å². The van der Waals surface area contributed by atoms with Gasteiger partial charge in [-0.1, -0.05) is 38.3 Å². The van der Waals surface area contributed by atoms with Crippen LogP contribution in [0.15, 0.2) is 12.5 Å². The summed E-state index contributed by atoms with van der Waals surface area (Å²) in [6.07, 6.45) is 5.23. The quantitative estimate of drug-likeness (QED) is 0.804. The lowest BCUT2D eigenvalue weighted by atomic mass is 9.95. The minimum Gasteiger partial charge on any atom is -0.367 e. The van der Waals surface area contributed by atoms with Gasteiger partial charge in [-0.25, -0.2) is 9.97 Å². The van der Waals surface area contributed by atoms with E-state index in [9.17, 15) is 0 Å². The minimum absolute atomic E-state index is 0.126. The van der Waals surface area contributed by atoms with Crippen LogP contribution in [-0.2, 0) is 0 Å². The molecule has 0 aliphatic rings. The third kappa shape index (κ3) is 3.61. The second kappa shape index (κ2) is 6.66. The van der Waals surface area contributed by atoms with E-state index in [1.807, 2.05) is 0 Å². The predicted octanol–water partition coefficient (Wildman–Crippen LogP) is 2.31. The van der Waals surface area contributed by atoms with Gasteiger partial charge in [0.1, 0.15) is 17.2 Å².